The molecule has 0 saturated heterocycles. The summed E-state index contributed by atoms with van der Waals surface area (Å²) in [4.78, 5) is 11.9. The van der Waals surface area contributed by atoms with Crippen LogP contribution in [0, 0.1) is 5.92 Å². The van der Waals surface area contributed by atoms with Gasteiger partial charge in [0.25, 0.3) is 0 Å². The molecule has 0 bridgehead atoms. The maximum absolute atomic E-state index is 11.9. The molecule has 0 aromatic heterocycles. The van der Waals surface area contributed by atoms with Crippen molar-refractivity contribution in [1.82, 2.24) is 0 Å². The van der Waals surface area contributed by atoms with Gasteiger partial charge in [-0.1, -0.05) is 52.9 Å². The third-order valence-corrected chi connectivity index (χ3v) is 3.58. The van der Waals surface area contributed by atoms with Crippen molar-refractivity contribution in [3.05, 3.63) is 11.8 Å². The van der Waals surface area contributed by atoms with Crippen LogP contribution in [0.4, 0.5) is 0 Å². The van der Waals surface area contributed by atoms with Gasteiger partial charge in [0, 0.05) is 6.61 Å². The van der Waals surface area contributed by atoms with Gasteiger partial charge in [-0.3, -0.25) is 0 Å². The Bertz CT molecular complexity index is 310. The van der Waals surface area contributed by atoms with E-state index in [1.165, 1.54) is 31.9 Å². The van der Waals surface area contributed by atoms with Gasteiger partial charge in [0.15, 0.2) is 0 Å². The van der Waals surface area contributed by atoms with Crippen LogP contribution in [0.1, 0.15) is 72.6 Å². The van der Waals surface area contributed by atoms with Crippen LogP contribution < -0.4 is 0 Å². The smallest absolute Gasteiger partial charge is 0.337 e. The summed E-state index contributed by atoms with van der Waals surface area (Å²) in [6.45, 7) is 10.6. The number of carbonyl (C=O) groups is 1. The van der Waals surface area contributed by atoms with Gasteiger partial charge >= 0.3 is 5.97 Å². The van der Waals surface area contributed by atoms with Crippen LogP contribution >= 0.6 is 0 Å². The van der Waals surface area contributed by atoms with E-state index < -0.39 is 0 Å². The molecule has 0 aromatic carbocycles. The van der Waals surface area contributed by atoms with Crippen LogP contribution in [-0.2, 0) is 19.0 Å². The normalized spacial score (nSPS) is 11.8. The van der Waals surface area contributed by atoms with Crippen molar-refractivity contribution in [3.8, 4) is 0 Å². The molecule has 0 aliphatic rings. The summed E-state index contributed by atoms with van der Waals surface area (Å²) in [5.74, 6) is 0.537. The van der Waals surface area contributed by atoms with E-state index in [9.17, 15) is 4.79 Å². The quantitative estimate of drug-likeness (QED) is 0.186. The highest BCUT2D eigenvalue weighted by Crippen LogP contribution is 2.11. The third-order valence-electron chi connectivity index (χ3n) is 3.58. The highest BCUT2D eigenvalue weighted by molar-refractivity contribution is 5.88. The second kappa shape index (κ2) is 15.9. The first-order chi connectivity index (χ1) is 11.1. The van der Waals surface area contributed by atoms with Gasteiger partial charge in [0.05, 0.1) is 25.0 Å². The second-order valence-corrected chi connectivity index (χ2v) is 6.15. The number of hydrogen-bond donors (Lipinski definition) is 0. The van der Waals surface area contributed by atoms with Crippen LogP contribution in [0.5, 0.6) is 0 Å². The molecule has 0 radical (unpaired) electrons. The largest absolute Gasteiger partial charge is 0.498 e. The zero-order chi connectivity index (χ0) is 17.3. The van der Waals surface area contributed by atoms with E-state index in [-0.39, 0.29) is 5.97 Å². The number of esters is 1. The molecule has 0 aromatic rings. The number of carbonyl (C=O) groups excluding carboxylic acids is 1. The Balaban J connectivity index is 3.66. The van der Waals surface area contributed by atoms with Gasteiger partial charge in [0.2, 0.25) is 0 Å². The molecule has 0 rings (SSSR count). The van der Waals surface area contributed by atoms with Crippen molar-refractivity contribution in [1.29, 1.82) is 0 Å². The van der Waals surface area contributed by atoms with Crippen LogP contribution in [0.2, 0.25) is 0 Å². The molecule has 0 unspecified atom stereocenters. The van der Waals surface area contributed by atoms with E-state index in [2.05, 4.69) is 13.8 Å². The molecular formula is C19H36O4. The molecule has 0 aliphatic carbocycles. The average Bonchev–Trinajstić information content (AvgIpc) is 2.53. The molecule has 0 aliphatic heterocycles. The van der Waals surface area contributed by atoms with Gasteiger partial charge in [-0.25, -0.2) is 4.79 Å². The molecule has 0 amide bonds. The summed E-state index contributed by atoms with van der Waals surface area (Å²) in [5, 5.41) is 0. The number of ether oxygens (including phenoxy) is 3. The van der Waals surface area contributed by atoms with Crippen LogP contribution in [0.3, 0.4) is 0 Å². The zero-order valence-electron chi connectivity index (χ0n) is 15.6. The van der Waals surface area contributed by atoms with Gasteiger partial charge in [0.1, 0.15) is 6.61 Å². The molecular weight excluding hydrogens is 292 g/mol. The summed E-state index contributed by atoms with van der Waals surface area (Å²) < 4.78 is 15.8. The lowest BCUT2D eigenvalue weighted by Crippen LogP contribution is -2.10. The fourth-order valence-electron chi connectivity index (χ4n) is 2.13. The van der Waals surface area contributed by atoms with Gasteiger partial charge in [-0.05, 0) is 25.7 Å². The van der Waals surface area contributed by atoms with Gasteiger partial charge in [-0.2, -0.15) is 0 Å². The van der Waals surface area contributed by atoms with Crippen LogP contribution in [0.25, 0.3) is 0 Å². The maximum Gasteiger partial charge on any atom is 0.337 e. The molecule has 4 heteroatoms. The van der Waals surface area contributed by atoms with Gasteiger partial charge < -0.3 is 14.2 Å². The maximum atomic E-state index is 11.9. The Morgan fingerprint density at radius 1 is 0.957 bits per heavy atom. The number of hydrogen-bond acceptors (Lipinski definition) is 4. The van der Waals surface area contributed by atoms with Crippen LogP contribution in [0.15, 0.2) is 11.8 Å². The first-order valence-corrected chi connectivity index (χ1v) is 9.17. The van der Waals surface area contributed by atoms with Crippen molar-refractivity contribution < 1.29 is 19.0 Å². The molecule has 23 heavy (non-hydrogen) atoms. The molecule has 4 nitrogen and oxygen atoms in total. The monoisotopic (exact) mass is 328 g/mol. The molecule has 0 atom stereocenters. The third kappa shape index (κ3) is 14.3. The number of unbranched alkanes of at least 4 members (excludes halogenated alkanes) is 4. The topological polar surface area (TPSA) is 44.8 Å². The zero-order valence-corrected chi connectivity index (χ0v) is 15.6. The minimum atomic E-state index is -0.260. The summed E-state index contributed by atoms with van der Waals surface area (Å²) in [6.07, 6.45) is 9.30. The Morgan fingerprint density at radius 3 is 2.30 bits per heavy atom. The van der Waals surface area contributed by atoms with E-state index in [1.807, 2.05) is 13.8 Å². The lowest BCUT2D eigenvalue weighted by atomic mass is 10.0. The molecule has 0 N–H and O–H groups in total. The summed E-state index contributed by atoms with van der Waals surface area (Å²) in [6, 6.07) is 0. The highest BCUT2D eigenvalue weighted by Gasteiger charge is 2.09. The van der Waals surface area contributed by atoms with Crippen molar-refractivity contribution in [3.63, 3.8) is 0 Å². The molecule has 0 heterocycles. The minimum Gasteiger partial charge on any atom is -0.498 e. The van der Waals surface area contributed by atoms with E-state index in [0.717, 1.165) is 18.8 Å². The van der Waals surface area contributed by atoms with E-state index in [0.29, 0.717) is 38.4 Å². The molecule has 0 spiro atoms. The molecule has 136 valence electrons. The summed E-state index contributed by atoms with van der Waals surface area (Å²) in [7, 11) is 0. The Morgan fingerprint density at radius 2 is 1.65 bits per heavy atom. The lowest BCUT2D eigenvalue weighted by Gasteiger charge is -2.08. The average molecular weight is 328 g/mol. The summed E-state index contributed by atoms with van der Waals surface area (Å²) >= 11 is 0. The predicted octanol–water partition coefficient (Wildman–Crippen LogP) is 4.87. The Hall–Kier alpha value is -1.03. The molecule has 0 fully saturated rings. The first-order valence-electron chi connectivity index (χ1n) is 9.17. The lowest BCUT2D eigenvalue weighted by molar-refractivity contribution is -0.139. The van der Waals surface area contributed by atoms with Crippen molar-refractivity contribution in [2.24, 2.45) is 5.92 Å². The van der Waals surface area contributed by atoms with E-state index in [4.69, 9.17) is 14.2 Å². The standard InChI is InChI=1S/C19H36O4/c1-5-18(16-22-15-14-21-6-2)19(20)23-13-11-9-7-8-10-12-17(3)4/h16-17H,5-15H2,1-4H3. The fourth-order valence-corrected chi connectivity index (χ4v) is 2.13. The van der Waals surface area contributed by atoms with Crippen molar-refractivity contribution in [2.45, 2.75) is 72.6 Å². The predicted molar refractivity (Wildman–Crippen MR) is 94.3 cm³/mol. The second-order valence-electron chi connectivity index (χ2n) is 6.15. The summed E-state index contributed by atoms with van der Waals surface area (Å²) in [5.41, 5.74) is 0.582. The van der Waals surface area contributed by atoms with E-state index in [1.54, 1.807) is 0 Å². The minimum absolute atomic E-state index is 0.260. The van der Waals surface area contributed by atoms with Crippen molar-refractivity contribution >= 4 is 5.97 Å². The SMILES string of the molecule is CCOCCOC=C(CC)C(=O)OCCCCCCCC(C)C. The van der Waals surface area contributed by atoms with Crippen LogP contribution in [-0.4, -0.2) is 32.4 Å². The fraction of sp³-hybridized carbons (Fsp3) is 0.842. The van der Waals surface area contributed by atoms with E-state index >= 15 is 0 Å². The Labute approximate surface area is 142 Å². The van der Waals surface area contributed by atoms with Crippen molar-refractivity contribution in [2.75, 3.05) is 26.4 Å². The Kier molecular flexibility index (Phi) is 15.1. The first kappa shape index (κ1) is 22.0. The van der Waals surface area contributed by atoms with Gasteiger partial charge in [-0.15, -0.1) is 0 Å². The molecule has 0 saturated carbocycles. The highest BCUT2D eigenvalue weighted by atomic mass is 16.5. The number of rotatable bonds is 15.